The van der Waals surface area contributed by atoms with Crippen molar-refractivity contribution in [2.45, 2.75) is 24.3 Å². The van der Waals surface area contributed by atoms with Crippen LogP contribution in [0.3, 0.4) is 0 Å². The molecule has 2 heterocycles. The van der Waals surface area contributed by atoms with Gasteiger partial charge in [-0.05, 0) is 18.6 Å². The summed E-state index contributed by atoms with van der Waals surface area (Å²) in [6.45, 7) is 5.20. The first-order valence-electron chi connectivity index (χ1n) is 6.94. The fourth-order valence-corrected chi connectivity index (χ4v) is 3.92. The molecule has 6 nitrogen and oxygen atoms in total. The van der Waals surface area contributed by atoms with Gasteiger partial charge in [-0.1, -0.05) is 6.92 Å². The quantitative estimate of drug-likeness (QED) is 0.835. The fourth-order valence-electron chi connectivity index (χ4n) is 2.53. The highest BCUT2D eigenvalue weighted by Crippen LogP contribution is 2.17. The summed E-state index contributed by atoms with van der Waals surface area (Å²) in [7, 11) is -3.41. The molecule has 1 unspecified atom stereocenters. The maximum atomic E-state index is 12.4. The smallest absolute Gasteiger partial charge is 0.244 e. The molecule has 0 amide bonds. The van der Waals surface area contributed by atoms with Crippen molar-refractivity contribution < 1.29 is 8.42 Å². The Morgan fingerprint density at radius 3 is 2.55 bits per heavy atom. The lowest BCUT2D eigenvalue weighted by molar-refractivity contribution is 0.137. The molecule has 0 radical (unpaired) electrons. The standard InChI is InChI=1S/C13H22N4O2S/c1-2-12(10-14)16-6-8-17(9-7-16)20(18,19)13-4-3-5-15-11-13/h3-5,11-12H,2,6-10,14H2,1H3. The molecule has 7 heteroatoms. The van der Waals surface area contributed by atoms with Crippen molar-refractivity contribution >= 4 is 10.0 Å². The molecule has 1 fully saturated rings. The van der Waals surface area contributed by atoms with Gasteiger partial charge < -0.3 is 5.73 Å². The van der Waals surface area contributed by atoms with Crippen LogP contribution in [0, 0.1) is 0 Å². The van der Waals surface area contributed by atoms with E-state index in [9.17, 15) is 8.42 Å². The van der Waals surface area contributed by atoms with Crippen LogP contribution in [0.2, 0.25) is 0 Å². The number of hydrogen-bond donors (Lipinski definition) is 1. The third-order valence-corrected chi connectivity index (χ3v) is 5.69. The van der Waals surface area contributed by atoms with Crippen LogP contribution in [-0.2, 0) is 10.0 Å². The predicted octanol–water partition coefficient (Wildman–Crippen LogP) is 0.125. The number of nitrogens with zero attached hydrogens (tertiary/aromatic N) is 3. The second kappa shape index (κ2) is 6.62. The molecule has 1 aliphatic heterocycles. The first-order chi connectivity index (χ1) is 9.59. The Morgan fingerprint density at radius 2 is 2.05 bits per heavy atom. The van der Waals surface area contributed by atoms with E-state index in [1.807, 2.05) is 0 Å². The van der Waals surface area contributed by atoms with Gasteiger partial charge in [0.2, 0.25) is 10.0 Å². The molecular weight excluding hydrogens is 276 g/mol. The number of hydrogen-bond acceptors (Lipinski definition) is 5. The molecule has 2 rings (SSSR count). The molecule has 0 aliphatic carbocycles. The highest BCUT2D eigenvalue weighted by Gasteiger charge is 2.30. The molecule has 1 atom stereocenters. The Labute approximate surface area is 120 Å². The molecule has 20 heavy (non-hydrogen) atoms. The Kier molecular flexibility index (Phi) is 5.09. The zero-order valence-corrected chi connectivity index (χ0v) is 12.6. The van der Waals surface area contributed by atoms with E-state index in [4.69, 9.17) is 5.73 Å². The summed E-state index contributed by atoms with van der Waals surface area (Å²) in [5, 5.41) is 0. The van der Waals surface area contributed by atoms with Crippen molar-refractivity contribution in [2.75, 3.05) is 32.7 Å². The van der Waals surface area contributed by atoms with Crippen molar-refractivity contribution in [3.05, 3.63) is 24.5 Å². The minimum absolute atomic E-state index is 0.263. The number of aromatic nitrogens is 1. The first kappa shape index (κ1) is 15.4. The van der Waals surface area contributed by atoms with Gasteiger partial charge in [-0.3, -0.25) is 9.88 Å². The largest absolute Gasteiger partial charge is 0.329 e. The van der Waals surface area contributed by atoms with Crippen LogP contribution in [0.25, 0.3) is 0 Å². The third-order valence-electron chi connectivity index (χ3n) is 3.81. The van der Waals surface area contributed by atoms with E-state index in [-0.39, 0.29) is 4.90 Å². The summed E-state index contributed by atoms with van der Waals surface area (Å²) >= 11 is 0. The number of piperazine rings is 1. The average molecular weight is 298 g/mol. The fraction of sp³-hybridized carbons (Fsp3) is 0.615. The monoisotopic (exact) mass is 298 g/mol. The third kappa shape index (κ3) is 3.17. The zero-order valence-electron chi connectivity index (χ0n) is 11.8. The van der Waals surface area contributed by atoms with E-state index in [2.05, 4.69) is 16.8 Å². The molecule has 1 aromatic heterocycles. The van der Waals surface area contributed by atoms with Crippen LogP contribution in [0.1, 0.15) is 13.3 Å². The van der Waals surface area contributed by atoms with Crippen molar-refractivity contribution in [2.24, 2.45) is 5.73 Å². The molecular formula is C13H22N4O2S. The molecule has 0 bridgehead atoms. The van der Waals surface area contributed by atoms with E-state index < -0.39 is 10.0 Å². The van der Waals surface area contributed by atoms with Gasteiger partial charge in [-0.25, -0.2) is 8.42 Å². The van der Waals surface area contributed by atoms with Gasteiger partial charge in [-0.2, -0.15) is 4.31 Å². The van der Waals surface area contributed by atoms with Gasteiger partial charge in [0.25, 0.3) is 0 Å². The maximum Gasteiger partial charge on any atom is 0.244 e. The molecule has 1 saturated heterocycles. The van der Waals surface area contributed by atoms with Crippen molar-refractivity contribution in [1.29, 1.82) is 0 Å². The zero-order chi connectivity index (χ0) is 14.6. The van der Waals surface area contributed by atoms with Gasteiger partial charge in [0.05, 0.1) is 0 Å². The molecule has 0 saturated carbocycles. The summed E-state index contributed by atoms with van der Waals surface area (Å²) in [4.78, 5) is 6.42. The number of nitrogens with two attached hydrogens (primary N) is 1. The van der Waals surface area contributed by atoms with Crippen molar-refractivity contribution in [1.82, 2.24) is 14.2 Å². The summed E-state index contributed by atoms with van der Waals surface area (Å²) in [6, 6.07) is 3.58. The highest BCUT2D eigenvalue weighted by molar-refractivity contribution is 7.89. The number of sulfonamides is 1. The van der Waals surface area contributed by atoms with Gasteiger partial charge in [0.1, 0.15) is 4.90 Å². The summed E-state index contributed by atoms with van der Waals surface area (Å²) < 4.78 is 26.4. The first-order valence-corrected chi connectivity index (χ1v) is 8.38. The van der Waals surface area contributed by atoms with Crippen molar-refractivity contribution in [3.63, 3.8) is 0 Å². The van der Waals surface area contributed by atoms with E-state index in [1.165, 1.54) is 10.5 Å². The minimum Gasteiger partial charge on any atom is -0.329 e. The Balaban J connectivity index is 2.04. The van der Waals surface area contributed by atoms with E-state index in [0.29, 0.717) is 25.7 Å². The average Bonchev–Trinajstić information content (AvgIpc) is 2.50. The van der Waals surface area contributed by atoms with E-state index in [1.54, 1.807) is 18.3 Å². The van der Waals surface area contributed by atoms with E-state index in [0.717, 1.165) is 19.5 Å². The second-order valence-electron chi connectivity index (χ2n) is 4.93. The summed E-state index contributed by atoms with van der Waals surface area (Å²) in [5.41, 5.74) is 5.74. The summed E-state index contributed by atoms with van der Waals surface area (Å²) in [6.07, 6.45) is 3.96. The predicted molar refractivity (Wildman–Crippen MR) is 77.7 cm³/mol. The molecule has 112 valence electrons. The SMILES string of the molecule is CCC(CN)N1CCN(S(=O)(=O)c2cccnc2)CC1. The molecule has 2 N–H and O–H groups in total. The molecule has 0 spiro atoms. The highest BCUT2D eigenvalue weighted by atomic mass is 32.2. The normalized spacial score (nSPS) is 19.9. The summed E-state index contributed by atoms with van der Waals surface area (Å²) in [5.74, 6) is 0. The molecule has 1 aromatic rings. The van der Waals surface area contributed by atoms with Crippen LogP contribution in [0.15, 0.2) is 29.4 Å². The van der Waals surface area contributed by atoms with E-state index >= 15 is 0 Å². The maximum absolute atomic E-state index is 12.4. The van der Waals surface area contributed by atoms with Gasteiger partial charge in [0, 0.05) is 51.2 Å². The Hall–Kier alpha value is -1.02. The Morgan fingerprint density at radius 1 is 1.35 bits per heavy atom. The molecule has 1 aliphatic rings. The van der Waals surface area contributed by atoms with Gasteiger partial charge in [0.15, 0.2) is 0 Å². The number of rotatable bonds is 5. The lowest BCUT2D eigenvalue weighted by Gasteiger charge is -2.38. The van der Waals surface area contributed by atoms with Crippen LogP contribution in [0.5, 0.6) is 0 Å². The van der Waals surface area contributed by atoms with Crippen LogP contribution in [0.4, 0.5) is 0 Å². The number of pyridine rings is 1. The lowest BCUT2D eigenvalue weighted by atomic mass is 10.1. The second-order valence-corrected chi connectivity index (χ2v) is 6.86. The topological polar surface area (TPSA) is 79.5 Å². The van der Waals surface area contributed by atoms with Gasteiger partial charge in [-0.15, -0.1) is 0 Å². The molecule has 0 aromatic carbocycles. The minimum atomic E-state index is -3.41. The van der Waals surface area contributed by atoms with Crippen LogP contribution < -0.4 is 5.73 Å². The lowest BCUT2D eigenvalue weighted by Crippen LogP contribution is -2.53. The van der Waals surface area contributed by atoms with Gasteiger partial charge >= 0.3 is 0 Å². The van der Waals surface area contributed by atoms with Crippen molar-refractivity contribution in [3.8, 4) is 0 Å². The van der Waals surface area contributed by atoms with Crippen LogP contribution >= 0.6 is 0 Å². The Bertz CT molecular complexity index is 508. The van der Waals surface area contributed by atoms with Crippen LogP contribution in [-0.4, -0.2) is 61.4 Å².